The van der Waals surface area contributed by atoms with Gasteiger partial charge in [-0.1, -0.05) is 0 Å². The van der Waals surface area contributed by atoms with Crippen LogP contribution in [0.3, 0.4) is 0 Å². The first kappa shape index (κ1) is 14.6. The second-order valence-electron chi connectivity index (χ2n) is 6.46. The number of anilines is 2. The van der Waals surface area contributed by atoms with Crippen LogP contribution in [0.2, 0.25) is 0 Å². The summed E-state index contributed by atoms with van der Waals surface area (Å²) in [4.78, 5) is 14.6. The summed E-state index contributed by atoms with van der Waals surface area (Å²) in [5.74, 6) is -1.36. The normalized spacial score (nSPS) is 25.3. The molecule has 0 aliphatic carbocycles. The van der Waals surface area contributed by atoms with Crippen molar-refractivity contribution in [3.63, 3.8) is 0 Å². The third kappa shape index (κ3) is 2.24. The van der Waals surface area contributed by atoms with Gasteiger partial charge in [0, 0.05) is 31.8 Å². The lowest BCUT2D eigenvalue weighted by Gasteiger charge is -2.56. The fraction of sp³-hybridized carbons (Fsp3) is 0.533. The molecule has 3 saturated heterocycles. The monoisotopic (exact) mass is 325 g/mol. The molecule has 0 saturated carbocycles. The van der Waals surface area contributed by atoms with E-state index in [0.717, 1.165) is 0 Å². The van der Waals surface area contributed by atoms with Gasteiger partial charge >= 0.3 is 6.09 Å². The standard InChI is InChI=1S/C15H17F2N3O3/c16-11-1-9(20-4-10(3-18)23-14(20)21)2-12(17)13(11)19-5-15(6-19)7-22-8-15/h1-2,10H,3-8,18H2. The van der Waals surface area contributed by atoms with Gasteiger partial charge in [0.2, 0.25) is 0 Å². The van der Waals surface area contributed by atoms with E-state index in [2.05, 4.69) is 0 Å². The zero-order valence-corrected chi connectivity index (χ0v) is 12.4. The van der Waals surface area contributed by atoms with Crippen LogP contribution in [0.4, 0.5) is 25.0 Å². The van der Waals surface area contributed by atoms with E-state index in [1.807, 2.05) is 0 Å². The SMILES string of the molecule is NCC1CN(c2cc(F)c(N3CC4(COC4)C3)c(F)c2)C(=O)O1. The zero-order chi connectivity index (χ0) is 16.2. The van der Waals surface area contributed by atoms with E-state index in [1.165, 1.54) is 17.0 Å². The van der Waals surface area contributed by atoms with Crippen molar-refractivity contribution in [2.24, 2.45) is 11.1 Å². The average Bonchev–Trinajstić information content (AvgIpc) is 2.79. The molecule has 3 aliphatic heterocycles. The summed E-state index contributed by atoms with van der Waals surface area (Å²) in [7, 11) is 0. The van der Waals surface area contributed by atoms with Crippen LogP contribution in [0.15, 0.2) is 12.1 Å². The minimum absolute atomic E-state index is 0.0470. The number of amides is 1. The Morgan fingerprint density at radius 2 is 1.91 bits per heavy atom. The van der Waals surface area contributed by atoms with Gasteiger partial charge in [0.25, 0.3) is 0 Å². The van der Waals surface area contributed by atoms with Crippen molar-refractivity contribution in [1.82, 2.24) is 0 Å². The van der Waals surface area contributed by atoms with E-state index in [-0.39, 0.29) is 29.9 Å². The number of nitrogens with zero attached hydrogens (tertiary/aromatic N) is 2. The molecule has 1 aromatic rings. The Morgan fingerprint density at radius 3 is 2.39 bits per heavy atom. The highest BCUT2D eigenvalue weighted by atomic mass is 19.1. The maximum Gasteiger partial charge on any atom is 0.414 e. The third-order valence-electron chi connectivity index (χ3n) is 4.64. The van der Waals surface area contributed by atoms with Crippen molar-refractivity contribution in [3.05, 3.63) is 23.8 Å². The molecule has 0 bridgehead atoms. The maximum absolute atomic E-state index is 14.4. The van der Waals surface area contributed by atoms with Crippen LogP contribution in [0, 0.1) is 17.0 Å². The minimum atomic E-state index is -0.681. The molecule has 3 aliphatic rings. The van der Waals surface area contributed by atoms with Gasteiger partial charge in [-0.15, -0.1) is 0 Å². The molecule has 4 rings (SSSR count). The van der Waals surface area contributed by atoms with Gasteiger partial charge in [-0.05, 0) is 0 Å². The Morgan fingerprint density at radius 1 is 1.26 bits per heavy atom. The lowest BCUT2D eigenvalue weighted by molar-refractivity contribution is -0.127. The van der Waals surface area contributed by atoms with Gasteiger partial charge < -0.3 is 20.1 Å². The fourth-order valence-electron chi connectivity index (χ4n) is 3.36. The highest BCUT2D eigenvalue weighted by Gasteiger charge is 2.50. The Bertz CT molecular complexity index is 634. The zero-order valence-electron chi connectivity index (χ0n) is 12.4. The number of hydrogen-bond acceptors (Lipinski definition) is 5. The predicted octanol–water partition coefficient (Wildman–Crippen LogP) is 1.09. The highest BCUT2D eigenvalue weighted by Crippen LogP contribution is 2.42. The number of nitrogens with two attached hydrogens (primary N) is 1. The number of benzene rings is 1. The maximum atomic E-state index is 14.4. The molecule has 23 heavy (non-hydrogen) atoms. The average molecular weight is 325 g/mol. The second kappa shape index (κ2) is 5.04. The van der Waals surface area contributed by atoms with Gasteiger partial charge in [-0.2, -0.15) is 0 Å². The summed E-state index contributed by atoms with van der Waals surface area (Å²) in [6.07, 6.45) is -1.09. The first-order chi connectivity index (χ1) is 11.0. The van der Waals surface area contributed by atoms with Crippen LogP contribution in [0.25, 0.3) is 0 Å². The molecule has 6 nitrogen and oxygen atoms in total. The summed E-state index contributed by atoms with van der Waals surface area (Å²) in [5.41, 5.74) is 5.62. The van der Waals surface area contributed by atoms with Crippen LogP contribution in [-0.2, 0) is 9.47 Å². The molecule has 8 heteroatoms. The molecule has 3 heterocycles. The first-order valence-electron chi connectivity index (χ1n) is 7.51. The molecular formula is C15H17F2N3O3. The predicted molar refractivity (Wildman–Crippen MR) is 78.5 cm³/mol. The molecule has 0 radical (unpaired) electrons. The topological polar surface area (TPSA) is 68.0 Å². The molecular weight excluding hydrogens is 308 g/mol. The van der Waals surface area contributed by atoms with Crippen molar-refractivity contribution in [3.8, 4) is 0 Å². The Hall–Kier alpha value is -1.93. The lowest BCUT2D eigenvalue weighted by Crippen LogP contribution is -2.66. The lowest BCUT2D eigenvalue weighted by atomic mass is 9.77. The molecule has 0 aromatic heterocycles. The number of carbonyl (C=O) groups is 1. The van der Waals surface area contributed by atoms with Crippen molar-refractivity contribution in [2.75, 3.05) is 49.2 Å². The molecule has 1 spiro atoms. The van der Waals surface area contributed by atoms with Gasteiger partial charge in [0.05, 0.1) is 30.9 Å². The smallest absolute Gasteiger partial charge is 0.414 e. The number of rotatable bonds is 3. The van der Waals surface area contributed by atoms with Crippen molar-refractivity contribution < 1.29 is 23.0 Å². The van der Waals surface area contributed by atoms with Crippen molar-refractivity contribution in [2.45, 2.75) is 6.10 Å². The van der Waals surface area contributed by atoms with E-state index in [1.54, 1.807) is 4.90 Å². The summed E-state index contributed by atoms with van der Waals surface area (Å²) >= 11 is 0. The van der Waals surface area contributed by atoms with Crippen LogP contribution in [0.1, 0.15) is 0 Å². The molecule has 1 unspecified atom stereocenters. The molecule has 1 atom stereocenters. The number of ether oxygens (including phenoxy) is 2. The number of hydrogen-bond donors (Lipinski definition) is 1. The fourth-order valence-corrected chi connectivity index (χ4v) is 3.36. The van der Waals surface area contributed by atoms with E-state index in [4.69, 9.17) is 15.2 Å². The largest absolute Gasteiger partial charge is 0.443 e. The van der Waals surface area contributed by atoms with E-state index < -0.39 is 23.8 Å². The first-order valence-corrected chi connectivity index (χ1v) is 7.51. The van der Waals surface area contributed by atoms with Gasteiger partial charge in [0.15, 0.2) is 11.6 Å². The number of carbonyl (C=O) groups excluding carboxylic acids is 1. The Kier molecular flexibility index (Phi) is 3.21. The van der Waals surface area contributed by atoms with Gasteiger partial charge in [-0.25, -0.2) is 13.6 Å². The van der Waals surface area contributed by atoms with Crippen LogP contribution in [0.5, 0.6) is 0 Å². The van der Waals surface area contributed by atoms with Crippen molar-refractivity contribution in [1.29, 1.82) is 0 Å². The van der Waals surface area contributed by atoms with Crippen LogP contribution >= 0.6 is 0 Å². The Labute approximate surface area is 131 Å². The molecule has 2 N–H and O–H groups in total. The highest BCUT2D eigenvalue weighted by molar-refractivity contribution is 5.90. The number of cyclic esters (lactones) is 1. The van der Waals surface area contributed by atoms with Crippen LogP contribution in [-0.4, -0.2) is 51.6 Å². The van der Waals surface area contributed by atoms with Crippen molar-refractivity contribution >= 4 is 17.5 Å². The van der Waals surface area contributed by atoms with Crippen LogP contribution < -0.4 is 15.5 Å². The van der Waals surface area contributed by atoms with Gasteiger partial charge in [0.1, 0.15) is 11.8 Å². The quantitative estimate of drug-likeness (QED) is 0.901. The Balaban J connectivity index is 1.56. The summed E-state index contributed by atoms with van der Waals surface area (Å²) in [6, 6.07) is 2.33. The minimum Gasteiger partial charge on any atom is -0.443 e. The summed E-state index contributed by atoms with van der Waals surface area (Å²) in [6.45, 7) is 2.82. The molecule has 1 aromatic carbocycles. The second-order valence-corrected chi connectivity index (χ2v) is 6.46. The number of halogens is 2. The van der Waals surface area contributed by atoms with E-state index in [0.29, 0.717) is 26.3 Å². The van der Waals surface area contributed by atoms with Gasteiger partial charge in [-0.3, -0.25) is 4.90 Å². The summed E-state index contributed by atoms with van der Waals surface area (Å²) < 4.78 is 39.0. The summed E-state index contributed by atoms with van der Waals surface area (Å²) in [5, 5.41) is 0. The third-order valence-corrected chi connectivity index (χ3v) is 4.64. The molecule has 1 amide bonds. The molecule has 3 fully saturated rings. The van der Waals surface area contributed by atoms with E-state index >= 15 is 0 Å². The van der Waals surface area contributed by atoms with E-state index in [9.17, 15) is 13.6 Å². The molecule has 124 valence electrons.